The van der Waals surface area contributed by atoms with Gasteiger partial charge in [-0.1, -0.05) is 47.0 Å². The van der Waals surface area contributed by atoms with Crippen LogP contribution in [0.1, 0.15) is 85.5 Å². The molecule has 0 spiro atoms. The number of anilines is 1. The van der Waals surface area contributed by atoms with E-state index in [2.05, 4.69) is 61.8 Å². The van der Waals surface area contributed by atoms with Gasteiger partial charge in [0.1, 0.15) is 5.75 Å². The van der Waals surface area contributed by atoms with Crippen LogP contribution >= 0.6 is 0 Å². The lowest BCUT2D eigenvalue weighted by molar-refractivity contribution is 0.187. The van der Waals surface area contributed by atoms with Crippen LogP contribution in [-0.4, -0.2) is 49.8 Å². The monoisotopic (exact) mass is 457 g/mol. The van der Waals surface area contributed by atoms with Gasteiger partial charge in [-0.3, -0.25) is 4.90 Å². The van der Waals surface area contributed by atoms with Gasteiger partial charge in [0, 0.05) is 37.4 Å². The number of ether oxygens (including phenoxy) is 1. The lowest BCUT2D eigenvalue weighted by Gasteiger charge is -2.42. The fourth-order valence-electron chi connectivity index (χ4n) is 5.68. The summed E-state index contributed by atoms with van der Waals surface area (Å²) in [4.78, 5) is 5.29. The highest BCUT2D eigenvalue weighted by Crippen LogP contribution is 2.28. The third kappa shape index (κ3) is 9.13. The Morgan fingerprint density at radius 2 is 1.70 bits per heavy atom. The van der Waals surface area contributed by atoms with Crippen molar-refractivity contribution in [2.24, 2.45) is 23.5 Å². The molecule has 1 heterocycles. The Labute approximate surface area is 204 Å². The first kappa shape index (κ1) is 26.3. The number of hydrogen-bond donors (Lipinski definition) is 1. The summed E-state index contributed by atoms with van der Waals surface area (Å²) in [7, 11) is 0. The molecular weight excluding hydrogens is 406 g/mol. The summed E-state index contributed by atoms with van der Waals surface area (Å²) in [5.74, 6) is 3.15. The van der Waals surface area contributed by atoms with Crippen molar-refractivity contribution in [1.82, 2.24) is 4.90 Å². The van der Waals surface area contributed by atoms with E-state index in [1.54, 1.807) is 0 Å². The normalized spacial score (nSPS) is 21.5. The van der Waals surface area contributed by atoms with E-state index in [4.69, 9.17) is 10.5 Å². The van der Waals surface area contributed by atoms with Gasteiger partial charge in [0.25, 0.3) is 0 Å². The molecule has 0 amide bonds. The Morgan fingerprint density at radius 3 is 2.36 bits per heavy atom. The van der Waals surface area contributed by atoms with Gasteiger partial charge in [0.2, 0.25) is 0 Å². The van der Waals surface area contributed by atoms with Gasteiger partial charge in [-0.15, -0.1) is 0 Å². The Kier molecular flexibility index (Phi) is 10.8. The molecule has 1 aliphatic heterocycles. The van der Waals surface area contributed by atoms with Crippen LogP contribution in [0.15, 0.2) is 24.3 Å². The topological polar surface area (TPSA) is 41.7 Å². The minimum Gasteiger partial charge on any atom is -0.493 e. The van der Waals surface area contributed by atoms with Crippen molar-refractivity contribution in [2.75, 3.05) is 37.7 Å². The molecule has 1 aromatic rings. The fraction of sp³-hybridized carbons (Fsp3) is 0.793. The molecule has 0 radical (unpaired) electrons. The van der Waals surface area contributed by atoms with Crippen LogP contribution in [0.2, 0.25) is 0 Å². The Hall–Kier alpha value is -1.26. The molecule has 1 aromatic carbocycles. The van der Waals surface area contributed by atoms with Crippen molar-refractivity contribution >= 4 is 5.69 Å². The maximum absolute atomic E-state index is 6.47. The molecule has 3 rings (SSSR count). The second-order valence-corrected chi connectivity index (χ2v) is 11.6. The lowest BCUT2D eigenvalue weighted by atomic mass is 9.90. The average molecular weight is 458 g/mol. The molecule has 2 N–H and O–H groups in total. The quantitative estimate of drug-likeness (QED) is 0.398. The summed E-state index contributed by atoms with van der Waals surface area (Å²) >= 11 is 0. The van der Waals surface area contributed by atoms with Crippen LogP contribution in [0, 0.1) is 17.8 Å². The van der Waals surface area contributed by atoms with E-state index < -0.39 is 0 Å². The van der Waals surface area contributed by atoms with Crippen LogP contribution < -0.4 is 15.4 Å². The van der Waals surface area contributed by atoms with E-state index in [0.29, 0.717) is 17.9 Å². The van der Waals surface area contributed by atoms with Crippen molar-refractivity contribution in [1.29, 1.82) is 0 Å². The minimum absolute atomic E-state index is 0.286. The smallest absolute Gasteiger partial charge is 0.119 e. The molecule has 4 nitrogen and oxygen atoms in total. The van der Waals surface area contributed by atoms with Crippen LogP contribution in [0.3, 0.4) is 0 Å². The summed E-state index contributed by atoms with van der Waals surface area (Å²) in [5.41, 5.74) is 7.81. The van der Waals surface area contributed by atoms with Gasteiger partial charge in [0.05, 0.1) is 6.61 Å². The highest BCUT2D eigenvalue weighted by molar-refractivity contribution is 5.50. The Balaban J connectivity index is 1.60. The summed E-state index contributed by atoms with van der Waals surface area (Å²) in [6.07, 6.45) is 11.7. The number of benzene rings is 1. The summed E-state index contributed by atoms with van der Waals surface area (Å²) in [5, 5.41) is 0. The first-order valence-corrected chi connectivity index (χ1v) is 13.9. The van der Waals surface area contributed by atoms with E-state index >= 15 is 0 Å². The molecule has 1 saturated carbocycles. The van der Waals surface area contributed by atoms with Crippen LogP contribution in [0.4, 0.5) is 5.69 Å². The van der Waals surface area contributed by atoms with E-state index in [1.807, 2.05) is 0 Å². The predicted molar refractivity (Wildman–Crippen MR) is 142 cm³/mol. The third-order valence-electron chi connectivity index (χ3n) is 7.51. The Morgan fingerprint density at radius 1 is 0.970 bits per heavy atom. The maximum atomic E-state index is 6.47. The summed E-state index contributed by atoms with van der Waals surface area (Å²) < 4.78 is 6.18. The number of nitrogens with two attached hydrogens (primary N) is 1. The molecule has 2 atom stereocenters. The molecule has 1 aliphatic carbocycles. The molecule has 2 fully saturated rings. The largest absolute Gasteiger partial charge is 0.493 e. The highest BCUT2D eigenvalue weighted by atomic mass is 16.5. The average Bonchev–Trinajstić information content (AvgIpc) is 2.79. The molecule has 1 saturated heterocycles. The van der Waals surface area contributed by atoms with Crippen molar-refractivity contribution in [3.05, 3.63) is 24.3 Å². The first-order valence-electron chi connectivity index (χ1n) is 13.9. The van der Waals surface area contributed by atoms with E-state index in [-0.39, 0.29) is 6.04 Å². The van der Waals surface area contributed by atoms with Gasteiger partial charge >= 0.3 is 0 Å². The zero-order chi connectivity index (χ0) is 23.6. The zero-order valence-electron chi connectivity index (χ0n) is 22.0. The van der Waals surface area contributed by atoms with Crippen molar-refractivity contribution in [3.8, 4) is 5.75 Å². The molecule has 0 aromatic heterocycles. The lowest BCUT2D eigenvalue weighted by Crippen LogP contribution is -2.51. The molecule has 0 bridgehead atoms. The Bertz CT molecular complexity index is 653. The number of nitrogens with zero attached hydrogens (tertiary/aromatic N) is 2. The van der Waals surface area contributed by atoms with E-state index in [9.17, 15) is 0 Å². The number of piperidine rings is 1. The number of hydrogen-bond acceptors (Lipinski definition) is 4. The van der Waals surface area contributed by atoms with Gasteiger partial charge in [-0.2, -0.15) is 0 Å². The van der Waals surface area contributed by atoms with Crippen LogP contribution in [0.5, 0.6) is 5.75 Å². The first-order chi connectivity index (χ1) is 15.9. The van der Waals surface area contributed by atoms with Gasteiger partial charge in [0.15, 0.2) is 0 Å². The van der Waals surface area contributed by atoms with Gasteiger partial charge in [-0.25, -0.2) is 0 Å². The van der Waals surface area contributed by atoms with Crippen LogP contribution in [0.25, 0.3) is 0 Å². The second-order valence-electron chi connectivity index (χ2n) is 11.6. The predicted octanol–water partition coefficient (Wildman–Crippen LogP) is 6.34. The molecule has 2 aliphatic rings. The van der Waals surface area contributed by atoms with Crippen molar-refractivity contribution in [3.63, 3.8) is 0 Å². The zero-order valence-corrected chi connectivity index (χ0v) is 22.0. The number of likely N-dealkylation sites (tertiary alicyclic amines) is 1. The molecule has 188 valence electrons. The van der Waals surface area contributed by atoms with Crippen LogP contribution in [-0.2, 0) is 0 Å². The fourth-order valence-corrected chi connectivity index (χ4v) is 5.68. The highest BCUT2D eigenvalue weighted by Gasteiger charge is 2.27. The van der Waals surface area contributed by atoms with Gasteiger partial charge < -0.3 is 15.4 Å². The molecule has 4 heteroatoms. The molecule has 33 heavy (non-hydrogen) atoms. The second kappa shape index (κ2) is 13.6. The van der Waals surface area contributed by atoms with Crippen molar-refractivity contribution < 1.29 is 4.74 Å². The third-order valence-corrected chi connectivity index (χ3v) is 7.51. The van der Waals surface area contributed by atoms with E-state index in [0.717, 1.165) is 44.3 Å². The van der Waals surface area contributed by atoms with Gasteiger partial charge in [-0.05, 0) is 87.1 Å². The SMILES string of the molecule is CC(C)CCN(c1ccc(OCC2CCCCC2)cc1)C1CCCN(CC(N)CC(C)C)C1. The molecular formula is C29H51N3O. The standard InChI is InChI=1S/C29H51N3O/c1-23(2)16-18-32(28-11-8-17-31(21-28)20-26(30)19-24(3)4)27-12-14-29(15-13-27)33-22-25-9-6-5-7-10-25/h12-15,23-26,28H,5-11,16-22,30H2,1-4H3. The minimum atomic E-state index is 0.286. The maximum Gasteiger partial charge on any atom is 0.119 e. The van der Waals surface area contributed by atoms with Crippen molar-refractivity contribution in [2.45, 2.75) is 97.6 Å². The summed E-state index contributed by atoms with van der Waals surface area (Å²) in [6, 6.07) is 9.82. The number of rotatable bonds is 12. The summed E-state index contributed by atoms with van der Waals surface area (Å²) in [6.45, 7) is 14.6. The molecule has 2 unspecified atom stereocenters. The van der Waals surface area contributed by atoms with E-state index in [1.165, 1.54) is 63.6 Å².